The molecule has 33 heavy (non-hydrogen) atoms. The molecule has 1 N–H and O–H groups in total. The first kappa shape index (κ1) is 24.5. The predicted octanol–water partition coefficient (Wildman–Crippen LogP) is 6.23. The average molecular weight is 469 g/mol. The Labute approximate surface area is 199 Å². The van der Waals surface area contributed by atoms with E-state index in [0.29, 0.717) is 11.6 Å². The van der Waals surface area contributed by atoms with Crippen LogP contribution in [0.4, 0.5) is 0 Å². The number of halogens is 1. The molecule has 0 saturated carbocycles. The van der Waals surface area contributed by atoms with Crippen LogP contribution in [0.3, 0.4) is 0 Å². The molecule has 0 amide bonds. The quantitative estimate of drug-likeness (QED) is 0.312. The summed E-state index contributed by atoms with van der Waals surface area (Å²) in [4.78, 5) is 21.6. The fourth-order valence-electron chi connectivity index (χ4n) is 3.27. The van der Waals surface area contributed by atoms with Crippen molar-refractivity contribution in [2.45, 2.75) is 52.6 Å². The van der Waals surface area contributed by atoms with Crippen LogP contribution < -0.4 is 4.74 Å². The molecule has 0 saturated heterocycles. The van der Waals surface area contributed by atoms with Crippen LogP contribution in [-0.2, 0) is 11.2 Å². The van der Waals surface area contributed by atoms with Gasteiger partial charge in [-0.25, -0.2) is 9.78 Å². The maximum atomic E-state index is 12.9. The van der Waals surface area contributed by atoms with E-state index in [1.807, 2.05) is 55.5 Å². The molecule has 0 spiro atoms. The number of aromatic hydroxyl groups is 1. The van der Waals surface area contributed by atoms with Gasteiger partial charge in [-0.05, 0) is 44.4 Å². The van der Waals surface area contributed by atoms with E-state index in [1.165, 1.54) is 0 Å². The first-order valence-corrected chi connectivity index (χ1v) is 11.4. The largest absolute Gasteiger partial charge is 0.491 e. The standard InChI is InChI=1S/C26H29ClN2O4/c1-5-6-15-32-23-22(25(31)33-26(2,3)4)28-21(29-24(23)30)16-17-11-7-8-12-18(17)19-13-9-10-14-20(19)27/h7-14H,5-6,15-16H2,1-4H3,(H,28,29,30). The summed E-state index contributed by atoms with van der Waals surface area (Å²) in [6, 6.07) is 15.3. The maximum Gasteiger partial charge on any atom is 0.361 e. The van der Waals surface area contributed by atoms with Gasteiger partial charge in [0.1, 0.15) is 11.4 Å². The zero-order valence-electron chi connectivity index (χ0n) is 19.4. The number of ether oxygens (including phenoxy) is 2. The zero-order valence-corrected chi connectivity index (χ0v) is 20.1. The third-order valence-electron chi connectivity index (χ3n) is 4.76. The first-order chi connectivity index (χ1) is 15.7. The molecule has 0 radical (unpaired) electrons. The monoisotopic (exact) mass is 468 g/mol. The van der Waals surface area contributed by atoms with Crippen LogP contribution in [0.15, 0.2) is 48.5 Å². The van der Waals surface area contributed by atoms with Crippen LogP contribution in [-0.4, -0.2) is 33.3 Å². The molecule has 1 aromatic heterocycles. The molecule has 0 aliphatic carbocycles. The van der Waals surface area contributed by atoms with Crippen LogP contribution in [0, 0.1) is 0 Å². The average Bonchev–Trinajstić information content (AvgIpc) is 2.75. The van der Waals surface area contributed by atoms with Gasteiger partial charge < -0.3 is 14.6 Å². The molecule has 0 unspecified atom stereocenters. The lowest BCUT2D eigenvalue weighted by Crippen LogP contribution is -2.25. The van der Waals surface area contributed by atoms with Crippen LogP contribution >= 0.6 is 11.6 Å². The minimum Gasteiger partial charge on any atom is -0.491 e. The fourth-order valence-corrected chi connectivity index (χ4v) is 3.50. The molecule has 0 aliphatic heterocycles. The Balaban J connectivity index is 2.01. The van der Waals surface area contributed by atoms with Crippen molar-refractivity contribution in [1.29, 1.82) is 0 Å². The lowest BCUT2D eigenvalue weighted by atomic mass is 9.97. The molecule has 3 rings (SSSR count). The molecule has 174 valence electrons. The molecule has 6 nitrogen and oxygen atoms in total. The predicted molar refractivity (Wildman–Crippen MR) is 129 cm³/mol. The molecule has 2 aromatic carbocycles. The van der Waals surface area contributed by atoms with Crippen LogP contribution in [0.1, 0.15) is 62.4 Å². The number of benzene rings is 2. The number of hydrogen-bond acceptors (Lipinski definition) is 6. The van der Waals surface area contributed by atoms with E-state index in [2.05, 4.69) is 9.97 Å². The number of hydrogen-bond donors (Lipinski definition) is 1. The Kier molecular flexibility index (Phi) is 7.92. The molecule has 1 heterocycles. The molecule has 0 aliphatic rings. The molecular weight excluding hydrogens is 440 g/mol. The first-order valence-electron chi connectivity index (χ1n) is 11.0. The summed E-state index contributed by atoms with van der Waals surface area (Å²) in [6.07, 6.45) is 1.94. The van der Waals surface area contributed by atoms with Gasteiger partial charge in [0, 0.05) is 17.0 Å². The van der Waals surface area contributed by atoms with E-state index < -0.39 is 11.6 Å². The summed E-state index contributed by atoms with van der Waals surface area (Å²) < 4.78 is 11.2. The van der Waals surface area contributed by atoms with E-state index in [1.54, 1.807) is 20.8 Å². The second-order valence-corrected chi connectivity index (χ2v) is 9.07. The van der Waals surface area contributed by atoms with Crippen molar-refractivity contribution in [3.63, 3.8) is 0 Å². The molecule has 0 atom stereocenters. The highest BCUT2D eigenvalue weighted by molar-refractivity contribution is 6.33. The smallest absolute Gasteiger partial charge is 0.361 e. The summed E-state index contributed by atoms with van der Waals surface area (Å²) in [5.41, 5.74) is 1.90. The number of aromatic nitrogens is 2. The number of carbonyl (C=O) groups excluding carboxylic acids is 1. The van der Waals surface area contributed by atoms with E-state index in [4.69, 9.17) is 21.1 Å². The van der Waals surface area contributed by atoms with Crippen molar-refractivity contribution in [3.8, 4) is 22.8 Å². The number of rotatable bonds is 8. The molecule has 7 heteroatoms. The third-order valence-corrected chi connectivity index (χ3v) is 5.09. The van der Waals surface area contributed by atoms with Crippen molar-refractivity contribution in [2.24, 2.45) is 0 Å². The Morgan fingerprint density at radius 2 is 1.70 bits per heavy atom. The Bertz CT molecular complexity index is 1130. The summed E-state index contributed by atoms with van der Waals surface area (Å²) in [5, 5.41) is 11.2. The highest BCUT2D eigenvalue weighted by Gasteiger charge is 2.27. The lowest BCUT2D eigenvalue weighted by molar-refractivity contribution is 0.00570. The molecule has 3 aromatic rings. The number of esters is 1. The van der Waals surface area contributed by atoms with E-state index in [9.17, 15) is 9.90 Å². The Hall–Kier alpha value is -3.12. The highest BCUT2D eigenvalue weighted by atomic mass is 35.5. The van der Waals surface area contributed by atoms with Gasteiger partial charge in [0.2, 0.25) is 5.75 Å². The number of nitrogens with zero attached hydrogens (tertiary/aromatic N) is 2. The van der Waals surface area contributed by atoms with Crippen molar-refractivity contribution >= 4 is 17.6 Å². The van der Waals surface area contributed by atoms with Gasteiger partial charge in [0.25, 0.3) is 5.88 Å². The van der Waals surface area contributed by atoms with Gasteiger partial charge in [-0.2, -0.15) is 4.98 Å². The van der Waals surface area contributed by atoms with Crippen molar-refractivity contribution in [3.05, 3.63) is 70.6 Å². The topological polar surface area (TPSA) is 81.5 Å². The van der Waals surface area contributed by atoms with Gasteiger partial charge in [0.05, 0.1) is 6.61 Å². The molecule has 0 fully saturated rings. The number of carbonyl (C=O) groups is 1. The maximum absolute atomic E-state index is 12.9. The van der Waals surface area contributed by atoms with Crippen molar-refractivity contribution < 1.29 is 19.4 Å². The summed E-state index contributed by atoms with van der Waals surface area (Å²) in [6.45, 7) is 7.66. The molecule has 0 bridgehead atoms. The minimum absolute atomic E-state index is 0.0548. The van der Waals surface area contributed by atoms with Crippen LogP contribution in [0.5, 0.6) is 11.6 Å². The van der Waals surface area contributed by atoms with Gasteiger partial charge >= 0.3 is 5.97 Å². The Morgan fingerprint density at radius 3 is 2.36 bits per heavy atom. The minimum atomic E-state index is -0.727. The summed E-state index contributed by atoms with van der Waals surface area (Å²) >= 11 is 6.42. The normalized spacial score (nSPS) is 11.3. The second kappa shape index (κ2) is 10.7. The van der Waals surface area contributed by atoms with Crippen molar-refractivity contribution in [1.82, 2.24) is 9.97 Å². The van der Waals surface area contributed by atoms with E-state index >= 15 is 0 Å². The van der Waals surface area contributed by atoms with Gasteiger partial charge in [-0.15, -0.1) is 0 Å². The van der Waals surface area contributed by atoms with Crippen LogP contribution in [0.25, 0.3) is 11.1 Å². The summed E-state index contributed by atoms with van der Waals surface area (Å²) in [5.74, 6) is -0.837. The van der Waals surface area contributed by atoms with Gasteiger partial charge in [-0.3, -0.25) is 0 Å². The number of unbranched alkanes of at least 4 members (excludes halogenated alkanes) is 1. The van der Waals surface area contributed by atoms with Crippen LogP contribution in [0.2, 0.25) is 5.02 Å². The van der Waals surface area contributed by atoms with E-state index in [0.717, 1.165) is 29.5 Å². The third kappa shape index (κ3) is 6.45. The molecular formula is C26H29ClN2O4. The summed E-state index contributed by atoms with van der Waals surface area (Å²) in [7, 11) is 0. The zero-order chi connectivity index (χ0) is 24.0. The second-order valence-electron chi connectivity index (χ2n) is 8.66. The highest BCUT2D eigenvalue weighted by Crippen LogP contribution is 2.33. The van der Waals surface area contributed by atoms with Crippen molar-refractivity contribution in [2.75, 3.05) is 6.61 Å². The lowest BCUT2D eigenvalue weighted by Gasteiger charge is -2.20. The fraction of sp³-hybridized carbons (Fsp3) is 0.346. The SMILES string of the molecule is CCCCOc1c(O)nc(Cc2ccccc2-c2ccccc2Cl)nc1C(=O)OC(C)(C)C. The Morgan fingerprint density at radius 1 is 1.03 bits per heavy atom. The van der Waals surface area contributed by atoms with Gasteiger partial charge in [0.15, 0.2) is 5.69 Å². The van der Waals surface area contributed by atoms with E-state index in [-0.39, 0.29) is 29.6 Å². The van der Waals surface area contributed by atoms with Gasteiger partial charge in [-0.1, -0.05) is 67.4 Å².